The van der Waals surface area contributed by atoms with Crippen LogP contribution >= 0.6 is 11.8 Å². The first kappa shape index (κ1) is 19.2. The van der Waals surface area contributed by atoms with Crippen molar-refractivity contribution in [2.24, 2.45) is 11.8 Å². The normalized spacial score (nSPS) is 34.6. The zero-order valence-electron chi connectivity index (χ0n) is 15.3. The Morgan fingerprint density at radius 1 is 1.38 bits per heavy atom. The van der Waals surface area contributed by atoms with Gasteiger partial charge in [-0.3, -0.25) is 9.59 Å². The standard InChI is InChI=1S/C17H25N3O5S/c1-7-12-11(8(2)21)16(23)20(12)13(17(24)25)14(7)26-9-5-10(18-6-9)15(22)19(3)4/h7-12,18,21H,5-6H2,1-4H3,(H,24,25)/t7-,8+,9-,10-,11-,12-/m0/s1. The number of carbonyl (C=O) groups excluding carboxylic acids is 2. The lowest BCUT2D eigenvalue weighted by atomic mass is 9.79. The number of carbonyl (C=O) groups is 3. The van der Waals surface area contributed by atoms with Crippen molar-refractivity contribution in [3.63, 3.8) is 0 Å². The Morgan fingerprint density at radius 3 is 2.58 bits per heavy atom. The molecule has 0 aromatic carbocycles. The molecule has 0 aliphatic carbocycles. The number of aliphatic hydroxyl groups is 1. The van der Waals surface area contributed by atoms with E-state index >= 15 is 0 Å². The molecule has 0 unspecified atom stereocenters. The Morgan fingerprint density at radius 2 is 2.04 bits per heavy atom. The number of likely N-dealkylation sites (N-methyl/N-ethyl adjacent to an activating group) is 1. The molecule has 3 rings (SSSR count). The van der Waals surface area contributed by atoms with Gasteiger partial charge in [0.15, 0.2) is 0 Å². The van der Waals surface area contributed by atoms with Crippen LogP contribution in [0.1, 0.15) is 20.3 Å². The van der Waals surface area contributed by atoms with Crippen LogP contribution in [0.2, 0.25) is 0 Å². The van der Waals surface area contributed by atoms with E-state index < -0.39 is 18.0 Å². The molecule has 3 aliphatic heterocycles. The Bertz CT molecular complexity index is 677. The van der Waals surface area contributed by atoms with Crippen LogP contribution in [0.4, 0.5) is 0 Å². The minimum Gasteiger partial charge on any atom is -0.477 e. The average Bonchev–Trinajstić information content (AvgIpc) is 3.09. The SMILES string of the molecule is C[C@@H]1C(S[C@@H]2CN[C@H](C(=O)N(C)C)C2)=C(C(=O)O)N2C(=O)[C@@H]([C@@H](C)O)[C@H]12. The van der Waals surface area contributed by atoms with Crippen molar-refractivity contribution >= 4 is 29.5 Å². The molecule has 0 saturated carbocycles. The number of hydrogen-bond donors (Lipinski definition) is 3. The zero-order chi connectivity index (χ0) is 19.3. The second kappa shape index (κ2) is 6.86. The van der Waals surface area contributed by atoms with E-state index in [4.69, 9.17) is 0 Å². The van der Waals surface area contributed by atoms with Crippen molar-refractivity contribution in [2.75, 3.05) is 20.6 Å². The lowest BCUT2D eigenvalue weighted by molar-refractivity contribution is -0.163. The Labute approximate surface area is 156 Å². The zero-order valence-corrected chi connectivity index (χ0v) is 16.1. The van der Waals surface area contributed by atoms with Crippen LogP contribution in [-0.2, 0) is 14.4 Å². The van der Waals surface area contributed by atoms with Gasteiger partial charge in [-0.1, -0.05) is 6.92 Å². The predicted octanol–water partition coefficient (Wildman–Crippen LogP) is -0.308. The van der Waals surface area contributed by atoms with Gasteiger partial charge in [0.05, 0.1) is 24.1 Å². The Hall–Kier alpha value is -1.58. The summed E-state index contributed by atoms with van der Waals surface area (Å²) in [5.74, 6) is -2.14. The number of carboxylic acids is 1. The van der Waals surface area contributed by atoms with E-state index in [1.807, 2.05) is 6.92 Å². The molecule has 0 bridgehead atoms. The number of carboxylic acid groups (broad SMARTS) is 1. The molecule has 0 aromatic heterocycles. The molecule has 2 saturated heterocycles. The second-order valence-electron chi connectivity index (χ2n) is 7.44. The molecular weight excluding hydrogens is 358 g/mol. The predicted molar refractivity (Wildman–Crippen MR) is 96.1 cm³/mol. The van der Waals surface area contributed by atoms with Gasteiger partial charge in [-0.25, -0.2) is 4.79 Å². The number of nitrogens with zero attached hydrogens (tertiary/aromatic N) is 2. The van der Waals surface area contributed by atoms with Crippen molar-refractivity contribution in [3.8, 4) is 0 Å². The number of hydrogen-bond acceptors (Lipinski definition) is 6. The number of amides is 2. The molecule has 3 heterocycles. The molecule has 0 spiro atoms. The van der Waals surface area contributed by atoms with Crippen LogP contribution in [-0.4, -0.2) is 81.9 Å². The highest BCUT2D eigenvalue weighted by molar-refractivity contribution is 8.03. The van der Waals surface area contributed by atoms with E-state index in [1.165, 1.54) is 16.7 Å². The van der Waals surface area contributed by atoms with Crippen LogP contribution in [0, 0.1) is 11.8 Å². The number of fused-ring (bicyclic) bond motifs is 1. The highest BCUT2D eigenvalue weighted by Gasteiger charge is 2.60. The fraction of sp³-hybridized carbons (Fsp3) is 0.706. The van der Waals surface area contributed by atoms with Crippen LogP contribution < -0.4 is 5.32 Å². The molecule has 8 nitrogen and oxygen atoms in total. The third-order valence-electron chi connectivity index (χ3n) is 5.43. The van der Waals surface area contributed by atoms with Gasteiger partial charge in [0, 0.05) is 36.7 Å². The summed E-state index contributed by atoms with van der Waals surface area (Å²) in [5.41, 5.74) is 0.0387. The third kappa shape index (κ3) is 2.91. The minimum atomic E-state index is -1.12. The first-order valence-electron chi connectivity index (χ1n) is 8.75. The quantitative estimate of drug-likeness (QED) is 0.559. The number of aliphatic carboxylic acids is 1. The molecule has 144 valence electrons. The van der Waals surface area contributed by atoms with Crippen LogP contribution in [0.5, 0.6) is 0 Å². The van der Waals surface area contributed by atoms with E-state index in [9.17, 15) is 24.6 Å². The van der Waals surface area contributed by atoms with E-state index in [-0.39, 0.29) is 40.8 Å². The molecule has 2 amide bonds. The van der Waals surface area contributed by atoms with Crippen LogP contribution in [0.25, 0.3) is 0 Å². The maximum Gasteiger partial charge on any atom is 0.353 e. The summed E-state index contributed by atoms with van der Waals surface area (Å²) in [6.07, 6.45) is -0.190. The van der Waals surface area contributed by atoms with Gasteiger partial charge in [-0.05, 0) is 13.3 Å². The van der Waals surface area contributed by atoms with Gasteiger partial charge in [0.2, 0.25) is 11.8 Å². The number of β-lactam (4-membered cyclic amide) rings is 1. The summed E-state index contributed by atoms with van der Waals surface area (Å²) in [7, 11) is 3.42. The summed E-state index contributed by atoms with van der Waals surface area (Å²) in [4.78, 5) is 39.8. The molecule has 26 heavy (non-hydrogen) atoms. The van der Waals surface area contributed by atoms with E-state index in [0.29, 0.717) is 17.9 Å². The summed E-state index contributed by atoms with van der Waals surface area (Å²) >= 11 is 1.45. The van der Waals surface area contributed by atoms with Crippen LogP contribution in [0.15, 0.2) is 10.6 Å². The molecule has 3 N–H and O–H groups in total. The molecular formula is C17H25N3O5S. The number of rotatable bonds is 5. The van der Waals surface area contributed by atoms with Gasteiger partial charge in [0.25, 0.3) is 0 Å². The molecule has 0 aromatic rings. The smallest absolute Gasteiger partial charge is 0.353 e. The molecule has 6 atom stereocenters. The highest BCUT2D eigenvalue weighted by Crippen LogP contribution is 2.51. The van der Waals surface area contributed by atoms with Crippen LogP contribution in [0.3, 0.4) is 0 Å². The van der Waals surface area contributed by atoms with Crippen molar-refractivity contribution in [3.05, 3.63) is 10.6 Å². The first-order valence-corrected chi connectivity index (χ1v) is 9.62. The second-order valence-corrected chi connectivity index (χ2v) is 8.78. The topological polar surface area (TPSA) is 110 Å². The summed E-state index contributed by atoms with van der Waals surface area (Å²) in [5, 5.41) is 22.8. The Kier molecular flexibility index (Phi) is 5.06. The fourth-order valence-corrected chi connectivity index (χ4v) is 5.63. The lowest BCUT2D eigenvalue weighted by Gasteiger charge is -2.46. The van der Waals surface area contributed by atoms with Crippen molar-refractivity contribution in [1.29, 1.82) is 0 Å². The molecule has 3 aliphatic rings. The van der Waals surface area contributed by atoms with Gasteiger partial charge in [0.1, 0.15) is 5.70 Å². The monoisotopic (exact) mass is 383 g/mol. The van der Waals surface area contributed by atoms with Crippen molar-refractivity contribution < 1.29 is 24.6 Å². The molecule has 2 fully saturated rings. The van der Waals surface area contributed by atoms with E-state index in [2.05, 4.69) is 5.32 Å². The average molecular weight is 383 g/mol. The van der Waals surface area contributed by atoms with E-state index in [0.717, 1.165) is 0 Å². The first-order chi connectivity index (χ1) is 12.1. The van der Waals surface area contributed by atoms with Crippen molar-refractivity contribution in [1.82, 2.24) is 15.1 Å². The number of aliphatic hydroxyl groups excluding tert-OH is 1. The summed E-state index contributed by atoms with van der Waals surface area (Å²) in [6, 6.07) is -0.568. The number of nitrogens with one attached hydrogen (secondary N) is 1. The van der Waals surface area contributed by atoms with Gasteiger partial charge in [-0.15, -0.1) is 11.8 Å². The lowest BCUT2D eigenvalue weighted by Crippen LogP contribution is -2.63. The minimum absolute atomic E-state index is 0.00757. The summed E-state index contributed by atoms with van der Waals surface area (Å²) in [6.45, 7) is 4.08. The maximum atomic E-state index is 12.3. The van der Waals surface area contributed by atoms with Crippen molar-refractivity contribution in [2.45, 2.75) is 43.7 Å². The fourth-order valence-electron chi connectivity index (χ4n) is 4.15. The molecule has 9 heteroatoms. The molecule has 0 radical (unpaired) electrons. The van der Waals surface area contributed by atoms with Gasteiger partial charge >= 0.3 is 5.97 Å². The maximum absolute atomic E-state index is 12.3. The number of thioether (sulfide) groups is 1. The third-order valence-corrected chi connectivity index (χ3v) is 6.95. The van der Waals surface area contributed by atoms with E-state index in [1.54, 1.807) is 25.9 Å². The Balaban J connectivity index is 1.78. The van der Waals surface area contributed by atoms with Gasteiger partial charge < -0.3 is 25.3 Å². The van der Waals surface area contributed by atoms with Gasteiger partial charge in [-0.2, -0.15) is 0 Å². The highest BCUT2D eigenvalue weighted by atomic mass is 32.2. The largest absolute Gasteiger partial charge is 0.477 e. The summed E-state index contributed by atoms with van der Waals surface area (Å²) < 4.78 is 0.